The van der Waals surface area contributed by atoms with Crippen LogP contribution < -0.4 is 0 Å². The maximum absolute atomic E-state index is 2.18. The van der Waals surface area contributed by atoms with E-state index in [-0.39, 0.29) is 11.0 Å². The second kappa shape index (κ2) is 6.16. The van der Waals surface area contributed by atoms with E-state index in [0.29, 0.717) is 0 Å². The summed E-state index contributed by atoms with van der Waals surface area (Å²) >= 11 is 0. The van der Waals surface area contributed by atoms with E-state index >= 15 is 0 Å². The van der Waals surface area contributed by atoms with Crippen LogP contribution >= 0.6 is 0 Å². The lowest BCUT2D eigenvalue weighted by Gasteiger charge is -2.09. The van der Waals surface area contributed by atoms with Gasteiger partial charge in [-0.2, -0.15) is 0 Å². The van der Waals surface area contributed by atoms with Crippen LogP contribution in [0.15, 0.2) is 84.9 Å². The van der Waals surface area contributed by atoms with Crippen LogP contribution in [0, 0.1) is 0 Å². The molecule has 94 valence electrons. The van der Waals surface area contributed by atoms with Crippen LogP contribution in [-0.2, 0) is 0 Å². The molecule has 0 nitrogen and oxygen atoms in total. The predicted octanol–water partition coefficient (Wildman–Crippen LogP) is 3.57. The topological polar surface area (TPSA) is 0 Å². The highest BCUT2D eigenvalue weighted by Crippen LogP contribution is 2.31. The molecule has 0 saturated heterocycles. The first-order chi connectivity index (χ1) is 8.95. The normalized spacial score (nSPS) is 9.68. The van der Waals surface area contributed by atoms with Gasteiger partial charge in [-0.05, 0) is 33.2 Å². The Morgan fingerprint density at radius 2 is 0.684 bits per heavy atom. The lowest BCUT2D eigenvalue weighted by atomic mass is 9.95. The molecule has 0 heterocycles. The standard InChI is InChI=1S/C18H14.H4Si/c1-3-9-15(10-4-1)17-13-7-8-14-18(17)16-11-5-2-6-12-16;/h1-14H;1H4. The van der Waals surface area contributed by atoms with Crippen molar-refractivity contribution in [1.29, 1.82) is 0 Å². The molecule has 19 heavy (non-hydrogen) atoms. The first kappa shape index (κ1) is 13.3. The van der Waals surface area contributed by atoms with Crippen molar-refractivity contribution in [3.63, 3.8) is 0 Å². The fourth-order valence-electron chi connectivity index (χ4n) is 2.22. The molecule has 0 amide bonds. The molecular formula is C18H18Si. The van der Waals surface area contributed by atoms with Crippen LogP contribution in [0.5, 0.6) is 0 Å². The van der Waals surface area contributed by atoms with Gasteiger partial charge in [0, 0.05) is 0 Å². The van der Waals surface area contributed by atoms with E-state index in [1.54, 1.807) is 0 Å². The van der Waals surface area contributed by atoms with Gasteiger partial charge in [-0.15, -0.1) is 0 Å². The van der Waals surface area contributed by atoms with Gasteiger partial charge < -0.3 is 0 Å². The van der Waals surface area contributed by atoms with Gasteiger partial charge in [-0.1, -0.05) is 84.9 Å². The average Bonchev–Trinajstić information content (AvgIpc) is 2.49. The molecule has 0 fully saturated rings. The fraction of sp³-hybridized carbons (Fsp3) is 0. The Labute approximate surface area is 118 Å². The highest BCUT2D eigenvalue weighted by Gasteiger charge is 2.05. The summed E-state index contributed by atoms with van der Waals surface area (Å²) in [4.78, 5) is 0. The van der Waals surface area contributed by atoms with E-state index < -0.39 is 0 Å². The van der Waals surface area contributed by atoms with Crippen LogP contribution in [0.2, 0.25) is 0 Å². The summed E-state index contributed by atoms with van der Waals surface area (Å²) in [6.45, 7) is 0. The Bertz CT molecular complexity index is 572. The van der Waals surface area contributed by atoms with Crippen molar-refractivity contribution in [3.8, 4) is 22.3 Å². The molecule has 0 aliphatic carbocycles. The minimum absolute atomic E-state index is 0. The molecule has 3 rings (SSSR count). The summed E-state index contributed by atoms with van der Waals surface area (Å²) in [5.74, 6) is 0. The van der Waals surface area contributed by atoms with Gasteiger partial charge in [0.1, 0.15) is 0 Å². The molecule has 3 aromatic carbocycles. The zero-order chi connectivity index (χ0) is 12.2. The lowest BCUT2D eigenvalue weighted by Crippen LogP contribution is -1.83. The molecule has 3 aromatic rings. The molecule has 0 unspecified atom stereocenters. The monoisotopic (exact) mass is 262 g/mol. The van der Waals surface area contributed by atoms with Gasteiger partial charge in [0.2, 0.25) is 0 Å². The molecule has 0 aromatic heterocycles. The molecule has 0 radical (unpaired) electrons. The third-order valence-corrected chi connectivity index (χ3v) is 3.10. The number of benzene rings is 3. The maximum Gasteiger partial charge on any atom is -0.0105 e. The highest BCUT2D eigenvalue weighted by atomic mass is 28.1. The summed E-state index contributed by atoms with van der Waals surface area (Å²) in [5.41, 5.74) is 5.09. The Hall–Kier alpha value is -2.12. The Kier molecular flexibility index (Phi) is 4.32. The smallest absolute Gasteiger partial charge is 0.0105 e. The summed E-state index contributed by atoms with van der Waals surface area (Å²) in [5, 5.41) is 0. The summed E-state index contributed by atoms with van der Waals surface area (Å²) in [6.07, 6.45) is 0. The minimum atomic E-state index is 0. The van der Waals surface area contributed by atoms with Crippen LogP contribution in [0.25, 0.3) is 22.3 Å². The van der Waals surface area contributed by atoms with Crippen molar-refractivity contribution < 1.29 is 0 Å². The van der Waals surface area contributed by atoms with Crippen molar-refractivity contribution in [3.05, 3.63) is 84.9 Å². The second-order valence-corrected chi connectivity index (χ2v) is 4.28. The van der Waals surface area contributed by atoms with E-state index in [4.69, 9.17) is 0 Å². The number of hydrogen-bond acceptors (Lipinski definition) is 0. The van der Waals surface area contributed by atoms with Crippen LogP contribution in [0.3, 0.4) is 0 Å². The molecule has 0 aliphatic heterocycles. The SMILES string of the molecule is [SiH4].c1ccc(-c2ccccc2-c2ccccc2)cc1. The molecule has 0 bridgehead atoms. The third-order valence-electron chi connectivity index (χ3n) is 3.10. The van der Waals surface area contributed by atoms with E-state index in [2.05, 4.69) is 84.9 Å². The van der Waals surface area contributed by atoms with E-state index in [1.807, 2.05) is 0 Å². The van der Waals surface area contributed by atoms with Crippen molar-refractivity contribution in [2.75, 3.05) is 0 Å². The van der Waals surface area contributed by atoms with Crippen LogP contribution in [0.1, 0.15) is 0 Å². The first-order valence-corrected chi connectivity index (χ1v) is 6.15. The predicted molar refractivity (Wildman–Crippen MR) is 88.6 cm³/mol. The van der Waals surface area contributed by atoms with Crippen LogP contribution in [0.4, 0.5) is 0 Å². The van der Waals surface area contributed by atoms with E-state index in [0.717, 1.165) is 0 Å². The second-order valence-electron chi connectivity index (χ2n) is 4.28. The molecular weight excluding hydrogens is 244 g/mol. The Balaban J connectivity index is 0.00000133. The van der Waals surface area contributed by atoms with Crippen molar-refractivity contribution in [1.82, 2.24) is 0 Å². The zero-order valence-corrected chi connectivity index (χ0v) is 10.1. The number of hydrogen-bond donors (Lipinski definition) is 0. The van der Waals surface area contributed by atoms with Gasteiger partial charge in [0.15, 0.2) is 0 Å². The van der Waals surface area contributed by atoms with Gasteiger partial charge in [0.25, 0.3) is 0 Å². The zero-order valence-electron chi connectivity index (χ0n) is 10.1. The van der Waals surface area contributed by atoms with Gasteiger partial charge in [0.05, 0.1) is 0 Å². The fourth-order valence-corrected chi connectivity index (χ4v) is 2.22. The Morgan fingerprint density at radius 1 is 0.368 bits per heavy atom. The summed E-state index contributed by atoms with van der Waals surface area (Å²) in [7, 11) is 0. The van der Waals surface area contributed by atoms with E-state index in [9.17, 15) is 0 Å². The molecule has 0 aliphatic rings. The van der Waals surface area contributed by atoms with Gasteiger partial charge >= 0.3 is 0 Å². The Morgan fingerprint density at radius 3 is 1.05 bits per heavy atom. The lowest BCUT2D eigenvalue weighted by molar-refractivity contribution is 1.58. The molecule has 0 N–H and O–H groups in total. The summed E-state index contributed by atoms with van der Waals surface area (Å²) in [6, 6.07) is 29.6. The first-order valence-electron chi connectivity index (χ1n) is 6.15. The van der Waals surface area contributed by atoms with Gasteiger partial charge in [-0.25, -0.2) is 0 Å². The van der Waals surface area contributed by atoms with Gasteiger partial charge in [-0.3, -0.25) is 0 Å². The molecule has 0 saturated carbocycles. The molecule has 1 heteroatoms. The highest BCUT2D eigenvalue weighted by molar-refractivity contribution is 5.83. The van der Waals surface area contributed by atoms with Crippen molar-refractivity contribution in [2.45, 2.75) is 0 Å². The quantitative estimate of drug-likeness (QED) is 0.619. The maximum atomic E-state index is 2.18. The third kappa shape index (κ3) is 2.83. The minimum Gasteiger partial charge on any atom is -0.0622 e. The van der Waals surface area contributed by atoms with Crippen molar-refractivity contribution in [2.24, 2.45) is 0 Å². The number of rotatable bonds is 2. The van der Waals surface area contributed by atoms with E-state index in [1.165, 1.54) is 22.3 Å². The average molecular weight is 262 g/mol. The van der Waals surface area contributed by atoms with Crippen molar-refractivity contribution >= 4 is 11.0 Å². The summed E-state index contributed by atoms with van der Waals surface area (Å²) < 4.78 is 0. The largest absolute Gasteiger partial charge is 0.0622 e. The van der Waals surface area contributed by atoms with Crippen LogP contribution in [-0.4, -0.2) is 11.0 Å². The molecule has 0 atom stereocenters. The molecule has 0 spiro atoms.